The highest BCUT2D eigenvalue weighted by Gasteiger charge is 2.21. The molecule has 5 rings (SSSR count). The van der Waals surface area contributed by atoms with Crippen molar-refractivity contribution in [2.75, 3.05) is 18.0 Å². The fraction of sp³-hybridized carbons (Fsp3) is 0.348. The Balaban J connectivity index is 1.44. The van der Waals surface area contributed by atoms with Gasteiger partial charge < -0.3 is 9.47 Å². The van der Waals surface area contributed by atoms with E-state index in [9.17, 15) is 0 Å². The van der Waals surface area contributed by atoms with Gasteiger partial charge in [-0.2, -0.15) is 0 Å². The third-order valence-corrected chi connectivity index (χ3v) is 5.89. The molecule has 0 unspecified atom stereocenters. The summed E-state index contributed by atoms with van der Waals surface area (Å²) in [6.07, 6.45) is 2.90. The van der Waals surface area contributed by atoms with Crippen molar-refractivity contribution >= 4 is 27.5 Å². The second-order valence-corrected chi connectivity index (χ2v) is 7.74. The van der Waals surface area contributed by atoms with E-state index in [1.54, 1.807) is 0 Å². The minimum Gasteiger partial charge on any atom is -0.368 e. The van der Waals surface area contributed by atoms with Crippen LogP contribution in [0, 0.1) is 13.8 Å². The average molecular weight is 371 g/mol. The minimum atomic E-state index is 0.803. The summed E-state index contributed by atoms with van der Waals surface area (Å²) >= 11 is 0. The number of rotatable bonds is 4. The molecule has 0 amide bonds. The van der Waals surface area contributed by atoms with Crippen LogP contribution in [0.25, 0.3) is 21.8 Å². The number of hydrogen-bond donors (Lipinski definition) is 0. The molecule has 1 saturated heterocycles. The van der Waals surface area contributed by atoms with Crippen LogP contribution in [0.2, 0.25) is 0 Å². The first kappa shape index (κ1) is 17.2. The molecule has 0 saturated carbocycles. The molecule has 1 aliphatic heterocycles. The third-order valence-electron chi connectivity index (χ3n) is 5.89. The number of benzene rings is 2. The molecule has 0 spiro atoms. The molecule has 5 nitrogen and oxygen atoms in total. The van der Waals surface area contributed by atoms with Gasteiger partial charge in [-0.1, -0.05) is 30.3 Å². The van der Waals surface area contributed by atoms with Crippen LogP contribution in [0.1, 0.15) is 29.5 Å². The third kappa shape index (κ3) is 2.73. The van der Waals surface area contributed by atoms with Crippen molar-refractivity contribution in [3.63, 3.8) is 0 Å². The second kappa shape index (κ2) is 6.59. The van der Waals surface area contributed by atoms with Gasteiger partial charge in [0, 0.05) is 38.4 Å². The molecule has 0 aliphatic carbocycles. The van der Waals surface area contributed by atoms with E-state index in [2.05, 4.69) is 66.8 Å². The Hall–Kier alpha value is -2.95. The molecule has 2 aromatic carbocycles. The van der Waals surface area contributed by atoms with E-state index in [-0.39, 0.29) is 0 Å². The zero-order valence-corrected chi connectivity index (χ0v) is 16.7. The largest absolute Gasteiger partial charge is 0.368 e. The molecule has 1 fully saturated rings. The van der Waals surface area contributed by atoms with E-state index < -0.39 is 0 Å². The molecular weight excluding hydrogens is 346 g/mol. The quantitative estimate of drug-likeness (QED) is 0.541. The van der Waals surface area contributed by atoms with Gasteiger partial charge in [-0.3, -0.25) is 0 Å². The lowest BCUT2D eigenvalue weighted by Crippen LogP contribution is -2.38. The first-order valence-electron chi connectivity index (χ1n) is 10.0. The van der Waals surface area contributed by atoms with E-state index in [1.165, 1.54) is 28.4 Å². The standard InChI is InChI=1S/C23H25N5/c1-15-23(28-13-6-14-28)16(2)25-20(24-15)11-12-21-26-22-18-8-5-4-7-17(18)9-10-19(22)27(21)3/h4-5,7-10H,6,11-14H2,1-3H3. The predicted molar refractivity (Wildman–Crippen MR) is 114 cm³/mol. The van der Waals surface area contributed by atoms with Crippen molar-refractivity contribution in [3.05, 3.63) is 59.4 Å². The molecule has 3 heterocycles. The Morgan fingerprint density at radius 2 is 1.64 bits per heavy atom. The lowest BCUT2D eigenvalue weighted by Gasteiger charge is -2.34. The van der Waals surface area contributed by atoms with Crippen molar-refractivity contribution in [1.29, 1.82) is 0 Å². The van der Waals surface area contributed by atoms with Gasteiger partial charge in [0.2, 0.25) is 0 Å². The lowest BCUT2D eigenvalue weighted by atomic mass is 10.1. The molecule has 0 radical (unpaired) electrons. The van der Waals surface area contributed by atoms with Gasteiger partial charge in [-0.05, 0) is 31.7 Å². The Morgan fingerprint density at radius 1 is 0.893 bits per heavy atom. The van der Waals surface area contributed by atoms with E-state index in [0.717, 1.165) is 54.5 Å². The first-order chi connectivity index (χ1) is 13.6. The molecule has 0 atom stereocenters. The maximum atomic E-state index is 4.97. The van der Waals surface area contributed by atoms with Crippen LogP contribution in [0.5, 0.6) is 0 Å². The average Bonchev–Trinajstić information content (AvgIpc) is 2.98. The molecule has 4 aromatic rings. The number of fused-ring (bicyclic) bond motifs is 3. The summed E-state index contributed by atoms with van der Waals surface area (Å²) in [5, 5.41) is 2.44. The molecule has 142 valence electrons. The van der Waals surface area contributed by atoms with Crippen molar-refractivity contribution in [3.8, 4) is 0 Å². The SMILES string of the molecule is Cc1nc(CCc2nc3c4ccccc4ccc3n2C)nc(C)c1N1CCC1. The van der Waals surface area contributed by atoms with Crippen LogP contribution in [-0.2, 0) is 19.9 Å². The normalized spacial score (nSPS) is 14.0. The Labute approximate surface area is 165 Å². The molecule has 0 N–H and O–H groups in total. The van der Waals surface area contributed by atoms with Crippen molar-refractivity contribution in [2.45, 2.75) is 33.1 Å². The second-order valence-electron chi connectivity index (χ2n) is 7.74. The van der Waals surface area contributed by atoms with E-state index in [4.69, 9.17) is 15.0 Å². The number of anilines is 1. The summed E-state index contributed by atoms with van der Waals surface area (Å²) in [6.45, 7) is 6.45. The van der Waals surface area contributed by atoms with E-state index in [1.807, 2.05) is 0 Å². The summed E-state index contributed by atoms with van der Waals surface area (Å²) < 4.78 is 2.20. The van der Waals surface area contributed by atoms with Crippen molar-refractivity contribution < 1.29 is 0 Å². The zero-order valence-electron chi connectivity index (χ0n) is 16.7. The summed E-state index contributed by atoms with van der Waals surface area (Å²) in [5.74, 6) is 1.99. The van der Waals surface area contributed by atoms with Crippen LogP contribution < -0.4 is 4.90 Å². The number of nitrogens with zero attached hydrogens (tertiary/aromatic N) is 5. The lowest BCUT2D eigenvalue weighted by molar-refractivity contribution is 0.609. The van der Waals surface area contributed by atoms with E-state index in [0.29, 0.717) is 0 Å². The van der Waals surface area contributed by atoms with Gasteiger partial charge in [-0.25, -0.2) is 15.0 Å². The van der Waals surface area contributed by atoms with Crippen LogP contribution in [0.15, 0.2) is 36.4 Å². The van der Waals surface area contributed by atoms with E-state index >= 15 is 0 Å². The van der Waals surface area contributed by atoms with Crippen LogP contribution in [-0.4, -0.2) is 32.6 Å². The van der Waals surface area contributed by atoms with Crippen molar-refractivity contribution in [1.82, 2.24) is 19.5 Å². The van der Waals surface area contributed by atoms with Gasteiger partial charge in [0.25, 0.3) is 0 Å². The highest BCUT2D eigenvalue weighted by atomic mass is 15.2. The molecule has 5 heteroatoms. The van der Waals surface area contributed by atoms with Crippen LogP contribution >= 0.6 is 0 Å². The van der Waals surface area contributed by atoms with Gasteiger partial charge in [-0.15, -0.1) is 0 Å². The summed E-state index contributed by atoms with van der Waals surface area (Å²) in [4.78, 5) is 16.9. The topological polar surface area (TPSA) is 46.8 Å². The number of aryl methyl sites for hydroxylation is 5. The fourth-order valence-corrected chi connectivity index (χ4v) is 4.31. The summed E-state index contributed by atoms with van der Waals surface area (Å²) in [6, 6.07) is 12.8. The summed E-state index contributed by atoms with van der Waals surface area (Å²) in [5.41, 5.74) is 5.67. The molecule has 2 aromatic heterocycles. The molecule has 28 heavy (non-hydrogen) atoms. The van der Waals surface area contributed by atoms with Crippen molar-refractivity contribution in [2.24, 2.45) is 7.05 Å². The highest BCUT2D eigenvalue weighted by Crippen LogP contribution is 2.27. The van der Waals surface area contributed by atoms with Crippen LogP contribution in [0.3, 0.4) is 0 Å². The van der Waals surface area contributed by atoms with Gasteiger partial charge in [0.05, 0.1) is 28.1 Å². The molecular formula is C23H25N5. The molecule has 1 aliphatic rings. The van der Waals surface area contributed by atoms with Gasteiger partial charge in [0.15, 0.2) is 0 Å². The number of hydrogen-bond acceptors (Lipinski definition) is 4. The number of imidazole rings is 1. The smallest absolute Gasteiger partial charge is 0.129 e. The maximum absolute atomic E-state index is 4.97. The number of aromatic nitrogens is 4. The monoisotopic (exact) mass is 371 g/mol. The summed E-state index contributed by atoms with van der Waals surface area (Å²) in [7, 11) is 2.10. The first-order valence-corrected chi connectivity index (χ1v) is 10.0. The molecule has 0 bridgehead atoms. The Bertz CT molecular complexity index is 1160. The Kier molecular flexibility index (Phi) is 4.04. The van der Waals surface area contributed by atoms with Crippen LogP contribution in [0.4, 0.5) is 5.69 Å². The van der Waals surface area contributed by atoms with Gasteiger partial charge >= 0.3 is 0 Å². The van der Waals surface area contributed by atoms with Gasteiger partial charge in [0.1, 0.15) is 11.6 Å². The zero-order chi connectivity index (χ0) is 19.3. The predicted octanol–water partition coefficient (Wildman–Crippen LogP) is 4.13. The Morgan fingerprint density at radius 3 is 2.36 bits per heavy atom. The maximum Gasteiger partial charge on any atom is 0.129 e. The highest BCUT2D eigenvalue weighted by molar-refractivity contribution is 6.04. The minimum absolute atomic E-state index is 0.803. The fourth-order valence-electron chi connectivity index (χ4n) is 4.31.